The highest BCUT2D eigenvalue weighted by molar-refractivity contribution is 9.10. The Morgan fingerprint density at radius 2 is 1.62 bits per heavy atom. The van der Waals surface area contributed by atoms with Crippen LogP contribution in [-0.4, -0.2) is 87.3 Å². The third-order valence-corrected chi connectivity index (χ3v) is 6.06. The van der Waals surface area contributed by atoms with E-state index in [1.807, 2.05) is 0 Å². The molecular formula is C23H26BrN5O8. The van der Waals surface area contributed by atoms with Crippen LogP contribution >= 0.6 is 15.9 Å². The Balaban J connectivity index is 1.58. The minimum atomic E-state index is -1.42. The lowest BCUT2D eigenvalue weighted by Gasteiger charge is -2.24. The highest BCUT2D eigenvalue weighted by atomic mass is 79.9. The fourth-order valence-corrected chi connectivity index (χ4v) is 3.72. The van der Waals surface area contributed by atoms with E-state index in [0.29, 0.717) is 16.7 Å². The first-order chi connectivity index (χ1) is 17.5. The van der Waals surface area contributed by atoms with E-state index >= 15 is 0 Å². The molecule has 37 heavy (non-hydrogen) atoms. The van der Waals surface area contributed by atoms with Crippen molar-refractivity contribution in [1.82, 2.24) is 14.9 Å². The number of carbonyl (C=O) groups is 4. The molecule has 2 N–H and O–H groups in total. The van der Waals surface area contributed by atoms with Gasteiger partial charge in [0.1, 0.15) is 12.4 Å². The van der Waals surface area contributed by atoms with Crippen molar-refractivity contribution in [3.8, 4) is 0 Å². The van der Waals surface area contributed by atoms with Gasteiger partial charge in [0.25, 0.3) is 5.91 Å². The molecule has 2 heterocycles. The molecule has 4 atom stereocenters. The third-order valence-electron chi connectivity index (χ3n) is 5.21. The van der Waals surface area contributed by atoms with E-state index in [1.54, 1.807) is 18.3 Å². The molecule has 2 aromatic rings. The minimum absolute atomic E-state index is 0.272. The standard InChI is InChI=1S/C23H26BrN5O8/c1-11(30)20(32)36-13(3)22(34)37-14(4)21(33)35-12(2)19(31)29-8-7-26-23(29)28-17-6-5-16-15(18(17)24)9-25-10-27-16/h5-6,9-14,30H,7-8H2,1-4H3,(H,26,28). The van der Waals surface area contributed by atoms with Crippen LogP contribution in [0.3, 0.4) is 0 Å². The second kappa shape index (κ2) is 12.1. The maximum Gasteiger partial charge on any atom is 0.347 e. The maximum absolute atomic E-state index is 13.0. The molecule has 0 spiro atoms. The fourth-order valence-electron chi connectivity index (χ4n) is 3.19. The van der Waals surface area contributed by atoms with E-state index in [4.69, 9.17) is 19.3 Å². The summed E-state index contributed by atoms with van der Waals surface area (Å²) in [6.45, 7) is 5.68. The quantitative estimate of drug-likeness (QED) is 0.340. The van der Waals surface area contributed by atoms with Crippen molar-refractivity contribution < 1.29 is 38.5 Å². The van der Waals surface area contributed by atoms with Crippen LogP contribution < -0.4 is 5.32 Å². The summed E-state index contributed by atoms with van der Waals surface area (Å²) < 4.78 is 15.6. The minimum Gasteiger partial charge on any atom is -0.450 e. The summed E-state index contributed by atoms with van der Waals surface area (Å²) in [5.41, 5.74) is 1.37. The van der Waals surface area contributed by atoms with Crippen LogP contribution in [0.15, 0.2) is 34.1 Å². The van der Waals surface area contributed by atoms with Gasteiger partial charge in [-0.1, -0.05) is 0 Å². The Bertz CT molecular complexity index is 1240. The van der Waals surface area contributed by atoms with Crippen molar-refractivity contribution >= 4 is 62.3 Å². The fraction of sp³-hybridized carbons (Fsp3) is 0.435. The number of aromatic nitrogens is 2. The first-order valence-electron chi connectivity index (χ1n) is 11.3. The molecule has 0 saturated carbocycles. The van der Waals surface area contributed by atoms with Gasteiger partial charge in [-0.3, -0.25) is 14.7 Å². The summed E-state index contributed by atoms with van der Waals surface area (Å²) in [6.07, 6.45) is -2.26. The highest BCUT2D eigenvalue weighted by Crippen LogP contribution is 2.30. The normalized spacial score (nSPS) is 16.3. The van der Waals surface area contributed by atoms with Gasteiger partial charge in [-0.2, -0.15) is 0 Å². The van der Waals surface area contributed by atoms with Gasteiger partial charge >= 0.3 is 17.9 Å². The Morgan fingerprint density at radius 1 is 1.00 bits per heavy atom. The largest absolute Gasteiger partial charge is 0.450 e. The Hall–Kier alpha value is -3.65. The summed E-state index contributed by atoms with van der Waals surface area (Å²) in [5, 5.41) is 13.0. The molecule has 1 aromatic carbocycles. The van der Waals surface area contributed by atoms with Crippen molar-refractivity contribution in [2.75, 3.05) is 18.4 Å². The van der Waals surface area contributed by atoms with Gasteiger partial charge in [0, 0.05) is 18.1 Å². The summed E-state index contributed by atoms with van der Waals surface area (Å²) in [4.78, 5) is 62.8. The second-order valence-electron chi connectivity index (χ2n) is 8.12. The maximum atomic E-state index is 13.0. The molecule has 1 aliphatic rings. The van der Waals surface area contributed by atoms with E-state index in [1.165, 1.54) is 38.9 Å². The lowest BCUT2D eigenvalue weighted by Crippen LogP contribution is -2.45. The lowest BCUT2D eigenvalue weighted by molar-refractivity contribution is -0.181. The molecule has 0 radical (unpaired) electrons. The van der Waals surface area contributed by atoms with Crippen molar-refractivity contribution in [3.63, 3.8) is 0 Å². The lowest BCUT2D eigenvalue weighted by atomic mass is 10.2. The van der Waals surface area contributed by atoms with Crippen LogP contribution in [0, 0.1) is 0 Å². The summed E-state index contributed by atoms with van der Waals surface area (Å²) >= 11 is 3.52. The van der Waals surface area contributed by atoms with Gasteiger partial charge < -0.3 is 24.6 Å². The number of aliphatic imine (C=N–C) groups is 1. The number of anilines is 1. The number of hydrogen-bond donors (Lipinski definition) is 2. The number of nitrogens with one attached hydrogen (secondary N) is 1. The first kappa shape index (κ1) is 27.9. The number of amides is 1. The van der Waals surface area contributed by atoms with Crippen LogP contribution in [0.4, 0.5) is 5.69 Å². The average Bonchev–Trinajstić information content (AvgIpc) is 3.33. The van der Waals surface area contributed by atoms with Gasteiger partial charge in [-0.25, -0.2) is 24.4 Å². The molecular weight excluding hydrogens is 554 g/mol. The predicted molar refractivity (Wildman–Crippen MR) is 133 cm³/mol. The second-order valence-corrected chi connectivity index (χ2v) is 8.91. The SMILES string of the molecule is CC(O)C(=O)OC(C)C(=O)OC(C)C(=O)OC(C)C(=O)N1CCN=C1Nc1ccc2ncncc2c1Br. The number of benzene rings is 1. The zero-order valence-corrected chi connectivity index (χ0v) is 22.1. The molecule has 0 saturated heterocycles. The van der Waals surface area contributed by atoms with E-state index in [2.05, 4.69) is 36.2 Å². The van der Waals surface area contributed by atoms with Gasteiger partial charge in [-0.05, 0) is 55.8 Å². The molecule has 13 nitrogen and oxygen atoms in total. The molecule has 3 rings (SSSR count). The number of hydrogen-bond acceptors (Lipinski definition) is 12. The highest BCUT2D eigenvalue weighted by Gasteiger charge is 2.33. The molecule has 14 heteroatoms. The van der Waals surface area contributed by atoms with Crippen LogP contribution in [0.1, 0.15) is 27.7 Å². The first-order valence-corrected chi connectivity index (χ1v) is 12.1. The molecule has 198 valence electrons. The molecule has 4 unspecified atom stereocenters. The van der Waals surface area contributed by atoms with Crippen LogP contribution in [0.25, 0.3) is 10.9 Å². The predicted octanol–water partition coefficient (Wildman–Crippen LogP) is 1.18. The zero-order valence-electron chi connectivity index (χ0n) is 20.5. The molecule has 0 aliphatic carbocycles. The Labute approximate surface area is 220 Å². The van der Waals surface area contributed by atoms with Crippen molar-refractivity contribution in [1.29, 1.82) is 0 Å². The van der Waals surface area contributed by atoms with E-state index in [-0.39, 0.29) is 12.5 Å². The van der Waals surface area contributed by atoms with E-state index in [0.717, 1.165) is 10.9 Å². The Kier molecular flexibility index (Phi) is 9.10. The number of fused-ring (bicyclic) bond motifs is 1. The van der Waals surface area contributed by atoms with Crippen LogP contribution in [0.5, 0.6) is 0 Å². The van der Waals surface area contributed by atoms with Crippen molar-refractivity contribution in [2.45, 2.75) is 52.1 Å². The molecule has 1 aromatic heterocycles. The molecule has 1 aliphatic heterocycles. The van der Waals surface area contributed by atoms with Gasteiger partial charge in [0.05, 0.1) is 22.2 Å². The number of carbonyl (C=O) groups excluding carboxylic acids is 4. The van der Waals surface area contributed by atoms with Crippen molar-refractivity contribution in [3.05, 3.63) is 29.1 Å². The van der Waals surface area contributed by atoms with E-state index < -0.39 is 48.2 Å². The number of rotatable bonds is 8. The molecule has 1 amide bonds. The number of guanidine groups is 1. The number of halogens is 1. The number of esters is 3. The van der Waals surface area contributed by atoms with Crippen molar-refractivity contribution in [2.24, 2.45) is 4.99 Å². The van der Waals surface area contributed by atoms with E-state index in [9.17, 15) is 19.2 Å². The monoisotopic (exact) mass is 579 g/mol. The Morgan fingerprint density at radius 3 is 2.27 bits per heavy atom. The number of ether oxygens (including phenoxy) is 3. The average molecular weight is 580 g/mol. The van der Waals surface area contributed by atoms with Crippen LogP contribution in [0.2, 0.25) is 0 Å². The summed E-state index contributed by atoms with van der Waals surface area (Å²) in [7, 11) is 0. The van der Waals surface area contributed by atoms with Gasteiger partial charge in [0.2, 0.25) is 5.96 Å². The smallest absolute Gasteiger partial charge is 0.347 e. The topological polar surface area (TPSA) is 170 Å². The molecule has 0 bridgehead atoms. The number of aliphatic hydroxyl groups excluding tert-OH is 1. The number of nitrogens with zero attached hydrogens (tertiary/aromatic N) is 4. The summed E-state index contributed by atoms with van der Waals surface area (Å²) in [6, 6.07) is 3.58. The molecule has 0 fully saturated rings. The van der Waals surface area contributed by atoms with Gasteiger partial charge in [-0.15, -0.1) is 0 Å². The van der Waals surface area contributed by atoms with Gasteiger partial charge in [0.15, 0.2) is 18.3 Å². The third kappa shape index (κ3) is 6.77. The summed E-state index contributed by atoms with van der Waals surface area (Å²) in [5.74, 6) is -3.25. The number of aliphatic hydroxyl groups is 1. The van der Waals surface area contributed by atoms with Crippen LogP contribution in [-0.2, 0) is 33.4 Å². The zero-order chi connectivity index (χ0) is 27.3.